The van der Waals surface area contributed by atoms with Gasteiger partial charge < -0.3 is 20.1 Å². The third kappa shape index (κ3) is 5.60. The van der Waals surface area contributed by atoms with Gasteiger partial charge >= 0.3 is 0 Å². The third-order valence-corrected chi connectivity index (χ3v) is 7.31. The van der Waals surface area contributed by atoms with E-state index in [1.165, 1.54) is 52.1 Å². The molecular formula is C25H31O4S-. The van der Waals surface area contributed by atoms with E-state index in [9.17, 15) is 20.1 Å². The van der Waals surface area contributed by atoms with Gasteiger partial charge in [0.05, 0.1) is 12.2 Å². The second-order valence-electron chi connectivity index (χ2n) is 8.52. The largest absolute Gasteiger partial charge is 0.550 e. The Morgan fingerprint density at radius 2 is 1.87 bits per heavy atom. The fourth-order valence-corrected chi connectivity index (χ4v) is 5.72. The van der Waals surface area contributed by atoms with Crippen LogP contribution in [-0.4, -0.2) is 28.4 Å². The molecule has 1 fully saturated rings. The van der Waals surface area contributed by atoms with Crippen molar-refractivity contribution >= 4 is 23.4 Å². The summed E-state index contributed by atoms with van der Waals surface area (Å²) in [5.41, 5.74) is 3.80. The van der Waals surface area contributed by atoms with E-state index in [0.717, 1.165) is 0 Å². The molecule has 0 bridgehead atoms. The van der Waals surface area contributed by atoms with E-state index in [1.807, 2.05) is 23.5 Å². The van der Waals surface area contributed by atoms with E-state index in [1.54, 1.807) is 6.08 Å². The Kier molecular flexibility index (Phi) is 7.87. The van der Waals surface area contributed by atoms with Crippen LogP contribution in [0.15, 0.2) is 36.4 Å². The number of rotatable bonds is 9. The highest BCUT2D eigenvalue weighted by Gasteiger charge is 2.27. The number of thiophene rings is 1. The van der Waals surface area contributed by atoms with E-state index < -0.39 is 24.6 Å². The van der Waals surface area contributed by atoms with Gasteiger partial charge in [-0.05, 0) is 41.4 Å². The quantitative estimate of drug-likeness (QED) is 0.619. The van der Waals surface area contributed by atoms with Crippen molar-refractivity contribution in [2.75, 3.05) is 0 Å². The summed E-state index contributed by atoms with van der Waals surface area (Å²) in [6.07, 6.45) is 6.03. The lowest BCUT2D eigenvalue weighted by Crippen LogP contribution is -2.29. The number of carbonyl (C=O) groups excluding carboxylic acids is 1. The minimum atomic E-state index is -1.31. The van der Waals surface area contributed by atoms with Crippen LogP contribution in [0.3, 0.4) is 0 Å². The van der Waals surface area contributed by atoms with Crippen molar-refractivity contribution < 1.29 is 20.1 Å². The van der Waals surface area contributed by atoms with E-state index >= 15 is 0 Å². The molecule has 0 unspecified atom stereocenters. The molecule has 0 amide bonds. The molecule has 0 saturated heterocycles. The number of hydrogen-bond acceptors (Lipinski definition) is 5. The van der Waals surface area contributed by atoms with Crippen LogP contribution in [0.25, 0.3) is 16.5 Å². The van der Waals surface area contributed by atoms with Crippen molar-refractivity contribution in [3.8, 4) is 10.4 Å². The van der Waals surface area contributed by atoms with Crippen molar-refractivity contribution in [3.63, 3.8) is 0 Å². The van der Waals surface area contributed by atoms with Gasteiger partial charge in [-0.1, -0.05) is 69.2 Å². The average molecular weight is 428 g/mol. The van der Waals surface area contributed by atoms with Gasteiger partial charge in [0, 0.05) is 28.6 Å². The first-order valence-corrected chi connectivity index (χ1v) is 11.6. The summed E-state index contributed by atoms with van der Waals surface area (Å²) >= 11 is 1.84. The molecule has 4 nitrogen and oxygen atoms in total. The molecule has 1 aliphatic carbocycles. The molecule has 2 atom stereocenters. The number of carboxylic acids is 1. The van der Waals surface area contributed by atoms with Gasteiger partial charge in [-0.2, -0.15) is 0 Å². The van der Waals surface area contributed by atoms with Crippen LogP contribution in [0.4, 0.5) is 0 Å². The minimum Gasteiger partial charge on any atom is -0.550 e. The Morgan fingerprint density at radius 3 is 2.47 bits per heavy atom. The number of aliphatic hydroxyl groups excluding tert-OH is 2. The zero-order valence-electron chi connectivity index (χ0n) is 17.7. The molecule has 2 N–H and O–H groups in total. The molecule has 1 aliphatic rings. The number of aliphatic carboxylic acids is 1. The Labute approximate surface area is 182 Å². The van der Waals surface area contributed by atoms with Gasteiger partial charge in [-0.25, -0.2) is 0 Å². The Bertz CT molecular complexity index is 863. The highest BCUT2D eigenvalue weighted by molar-refractivity contribution is 7.16. The van der Waals surface area contributed by atoms with E-state index in [-0.39, 0.29) is 6.42 Å². The zero-order valence-corrected chi connectivity index (χ0v) is 18.5. The Hall–Kier alpha value is -1.95. The summed E-state index contributed by atoms with van der Waals surface area (Å²) in [5.74, 6) is -0.438. The first-order chi connectivity index (χ1) is 14.4. The van der Waals surface area contributed by atoms with Crippen molar-refractivity contribution in [2.45, 2.75) is 76.4 Å². The lowest BCUT2D eigenvalue weighted by Gasteiger charge is -2.16. The summed E-state index contributed by atoms with van der Waals surface area (Å²) < 4.78 is 0. The van der Waals surface area contributed by atoms with Gasteiger partial charge in [-0.3, -0.25) is 0 Å². The van der Waals surface area contributed by atoms with Gasteiger partial charge in [0.15, 0.2) is 0 Å². The maximum atomic E-state index is 10.6. The standard InChI is InChI=1S/C25H32O4S/c1-16(2)24-21(13-12-19(26)14-20(27)15-22(28)29)23(17-8-6-7-9-17)25(30-24)18-10-4-3-5-11-18/h3-5,10-13,16-17,19-20,26-27H,6-9,14-15H2,1-2H3,(H,28,29)/p-1/b13-12+/t19-,20-/m1/s1. The molecule has 1 saturated carbocycles. The highest BCUT2D eigenvalue weighted by atomic mass is 32.1. The fourth-order valence-electron chi connectivity index (χ4n) is 4.34. The molecule has 0 spiro atoms. The summed E-state index contributed by atoms with van der Waals surface area (Å²) in [6.45, 7) is 4.38. The Morgan fingerprint density at radius 1 is 1.20 bits per heavy atom. The van der Waals surface area contributed by atoms with Crippen LogP contribution in [0.5, 0.6) is 0 Å². The molecule has 0 aliphatic heterocycles. The zero-order chi connectivity index (χ0) is 21.7. The SMILES string of the molecule is CC(C)c1sc(-c2ccccc2)c(C2CCCC2)c1/C=C/[C@@H](O)C[C@@H](O)CC(=O)[O-]. The van der Waals surface area contributed by atoms with Gasteiger partial charge in [-0.15, -0.1) is 11.3 Å². The van der Waals surface area contributed by atoms with Crippen LogP contribution in [0.1, 0.15) is 80.2 Å². The second kappa shape index (κ2) is 10.4. The average Bonchev–Trinajstić information content (AvgIpc) is 3.33. The topological polar surface area (TPSA) is 80.6 Å². The molecule has 3 rings (SSSR count). The molecule has 0 radical (unpaired) electrons. The predicted molar refractivity (Wildman–Crippen MR) is 120 cm³/mol. The number of carboxylic acid groups (broad SMARTS) is 1. The number of hydrogen-bond donors (Lipinski definition) is 2. The maximum absolute atomic E-state index is 10.6. The molecular weight excluding hydrogens is 396 g/mol. The molecule has 1 heterocycles. The fraction of sp³-hybridized carbons (Fsp3) is 0.480. The molecule has 2 aromatic rings. The first kappa shape index (κ1) is 22.7. The van der Waals surface area contributed by atoms with Crippen molar-refractivity contribution in [1.29, 1.82) is 0 Å². The molecule has 1 aromatic heterocycles. The van der Waals surface area contributed by atoms with E-state index in [0.29, 0.717) is 11.8 Å². The smallest absolute Gasteiger partial charge is 0.0748 e. The van der Waals surface area contributed by atoms with E-state index in [4.69, 9.17) is 0 Å². The summed E-state index contributed by atoms with van der Waals surface area (Å²) in [7, 11) is 0. The van der Waals surface area contributed by atoms with Gasteiger partial charge in [0.1, 0.15) is 0 Å². The second-order valence-corrected chi connectivity index (χ2v) is 9.57. The molecule has 1 aromatic carbocycles. The molecule has 162 valence electrons. The summed E-state index contributed by atoms with van der Waals surface area (Å²) in [5, 5.41) is 30.8. The monoisotopic (exact) mass is 427 g/mol. The highest BCUT2D eigenvalue weighted by Crippen LogP contribution is 2.48. The minimum absolute atomic E-state index is 0.0179. The predicted octanol–water partition coefficient (Wildman–Crippen LogP) is 4.46. The van der Waals surface area contributed by atoms with Crippen LogP contribution < -0.4 is 5.11 Å². The Balaban J connectivity index is 1.97. The van der Waals surface area contributed by atoms with E-state index in [2.05, 4.69) is 38.1 Å². The van der Waals surface area contributed by atoms with Crippen LogP contribution >= 0.6 is 11.3 Å². The summed E-state index contributed by atoms with van der Waals surface area (Å²) in [6, 6.07) is 10.5. The number of benzene rings is 1. The third-order valence-electron chi connectivity index (χ3n) is 5.74. The van der Waals surface area contributed by atoms with Gasteiger partial charge in [0.25, 0.3) is 0 Å². The number of aliphatic hydroxyl groups is 2. The molecule has 30 heavy (non-hydrogen) atoms. The summed E-state index contributed by atoms with van der Waals surface area (Å²) in [4.78, 5) is 13.3. The normalized spacial score (nSPS) is 17.1. The van der Waals surface area contributed by atoms with Gasteiger partial charge in [0.2, 0.25) is 0 Å². The molecule has 5 heteroatoms. The van der Waals surface area contributed by atoms with Crippen LogP contribution in [-0.2, 0) is 4.79 Å². The van der Waals surface area contributed by atoms with Crippen molar-refractivity contribution in [3.05, 3.63) is 52.4 Å². The van der Waals surface area contributed by atoms with Crippen LogP contribution in [0.2, 0.25) is 0 Å². The number of carbonyl (C=O) groups is 1. The first-order valence-electron chi connectivity index (χ1n) is 10.8. The lowest BCUT2D eigenvalue weighted by molar-refractivity contribution is -0.307. The maximum Gasteiger partial charge on any atom is 0.0748 e. The lowest BCUT2D eigenvalue weighted by atomic mass is 9.89. The van der Waals surface area contributed by atoms with Crippen LogP contribution in [0, 0.1) is 0 Å². The van der Waals surface area contributed by atoms with Crippen molar-refractivity contribution in [2.24, 2.45) is 0 Å². The van der Waals surface area contributed by atoms with Crippen molar-refractivity contribution in [1.82, 2.24) is 0 Å².